The molecule has 0 aromatic carbocycles. The number of hydrogen-bond donors (Lipinski definition) is 1. The highest BCUT2D eigenvalue weighted by molar-refractivity contribution is 7.88. The van der Waals surface area contributed by atoms with E-state index in [2.05, 4.69) is 9.71 Å². The van der Waals surface area contributed by atoms with Crippen LogP contribution in [0.4, 0.5) is 0 Å². The van der Waals surface area contributed by atoms with Gasteiger partial charge in [-0.05, 0) is 26.2 Å². The summed E-state index contributed by atoms with van der Waals surface area (Å²) < 4.78 is 31.5. The van der Waals surface area contributed by atoms with E-state index in [1.54, 1.807) is 10.3 Å². The van der Waals surface area contributed by atoms with E-state index < -0.39 is 15.6 Å². The molecule has 128 valence electrons. The summed E-state index contributed by atoms with van der Waals surface area (Å²) in [5.41, 5.74) is 0.0348. The van der Waals surface area contributed by atoms with Crippen LogP contribution in [0, 0.1) is 6.92 Å². The lowest BCUT2D eigenvalue weighted by atomic mass is 9.90. The molecule has 0 saturated carbocycles. The summed E-state index contributed by atoms with van der Waals surface area (Å²) in [6.45, 7) is 3.48. The van der Waals surface area contributed by atoms with Gasteiger partial charge in [0.05, 0.1) is 23.4 Å². The Morgan fingerprint density at radius 1 is 1.57 bits per heavy atom. The number of amides is 1. The van der Waals surface area contributed by atoms with Crippen molar-refractivity contribution in [3.8, 4) is 0 Å². The molecule has 9 heteroatoms. The van der Waals surface area contributed by atoms with Crippen molar-refractivity contribution in [1.82, 2.24) is 14.6 Å². The van der Waals surface area contributed by atoms with Crippen molar-refractivity contribution in [3.05, 3.63) is 16.1 Å². The van der Waals surface area contributed by atoms with E-state index in [1.807, 2.05) is 6.92 Å². The largest absolute Gasteiger partial charge is 0.373 e. The Hall–Kier alpha value is -1.03. The van der Waals surface area contributed by atoms with Crippen LogP contribution >= 0.6 is 11.3 Å². The summed E-state index contributed by atoms with van der Waals surface area (Å²) in [6.07, 6.45) is 3.15. The first-order chi connectivity index (χ1) is 10.8. The minimum absolute atomic E-state index is 0.0759. The predicted molar refractivity (Wildman–Crippen MR) is 87.1 cm³/mol. The average Bonchev–Trinajstić information content (AvgIpc) is 3.04. The first kappa shape index (κ1) is 16.8. The molecule has 0 radical (unpaired) electrons. The predicted octanol–water partition coefficient (Wildman–Crippen LogP) is 0.764. The summed E-state index contributed by atoms with van der Waals surface area (Å²) in [6, 6.07) is -0.129. The molecule has 2 saturated heterocycles. The van der Waals surface area contributed by atoms with Gasteiger partial charge < -0.3 is 9.64 Å². The number of thiazole rings is 1. The Bertz CT molecular complexity index is 703. The molecule has 2 aliphatic rings. The smallest absolute Gasteiger partial charge is 0.273 e. The number of nitrogens with zero attached hydrogens (tertiary/aromatic N) is 2. The van der Waals surface area contributed by atoms with Crippen LogP contribution in [0.15, 0.2) is 5.38 Å². The molecule has 1 aromatic rings. The molecule has 1 amide bonds. The van der Waals surface area contributed by atoms with Crippen molar-refractivity contribution in [1.29, 1.82) is 0 Å². The zero-order valence-electron chi connectivity index (χ0n) is 13.2. The molecular weight excluding hydrogens is 338 g/mol. The molecule has 0 bridgehead atoms. The molecule has 2 fully saturated rings. The van der Waals surface area contributed by atoms with Gasteiger partial charge in [-0.3, -0.25) is 4.79 Å². The number of rotatable bonds is 3. The van der Waals surface area contributed by atoms with E-state index in [4.69, 9.17) is 4.74 Å². The third-order valence-corrected chi connectivity index (χ3v) is 5.85. The highest BCUT2D eigenvalue weighted by Crippen LogP contribution is 2.35. The van der Waals surface area contributed by atoms with E-state index in [1.165, 1.54) is 17.6 Å². The molecule has 3 rings (SSSR count). The van der Waals surface area contributed by atoms with Crippen molar-refractivity contribution in [2.75, 3.05) is 26.0 Å². The molecule has 23 heavy (non-hydrogen) atoms. The number of carbonyl (C=O) groups excluding carboxylic acids is 1. The molecule has 1 N–H and O–H groups in total. The number of aromatic nitrogens is 1. The quantitative estimate of drug-likeness (QED) is 0.861. The molecule has 2 atom stereocenters. The lowest BCUT2D eigenvalue weighted by molar-refractivity contribution is -0.0763. The fraction of sp³-hybridized carbons (Fsp3) is 0.714. The summed E-state index contributed by atoms with van der Waals surface area (Å²) in [5, 5.41) is 2.65. The molecule has 1 aromatic heterocycles. The Balaban J connectivity index is 1.67. The van der Waals surface area contributed by atoms with E-state index in [-0.39, 0.29) is 11.9 Å². The van der Waals surface area contributed by atoms with Gasteiger partial charge in [0, 0.05) is 24.6 Å². The number of likely N-dealkylation sites (tertiary alicyclic amines) is 1. The minimum Gasteiger partial charge on any atom is -0.373 e. The van der Waals surface area contributed by atoms with E-state index in [0.717, 1.165) is 11.4 Å². The number of aryl methyl sites for hydroxylation is 1. The van der Waals surface area contributed by atoms with Gasteiger partial charge in [-0.1, -0.05) is 0 Å². The molecular formula is C14H21N3O4S2. The molecule has 0 unspecified atom stereocenters. The fourth-order valence-corrected chi connectivity index (χ4v) is 4.75. The topological polar surface area (TPSA) is 88.6 Å². The van der Waals surface area contributed by atoms with Crippen LogP contribution in [-0.2, 0) is 14.8 Å². The summed E-state index contributed by atoms with van der Waals surface area (Å²) in [5.74, 6) is -0.0759. The summed E-state index contributed by atoms with van der Waals surface area (Å²) >= 11 is 1.46. The van der Waals surface area contributed by atoms with Crippen LogP contribution in [0.25, 0.3) is 0 Å². The van der Waals surface area contributed by atoms with Crippen LogP contribution in [0.1, 0.15) is 34.8 Å². The third kappa shape index (κ3) is 3.90. The van der Waals surface area contributed by atoms with Crippen molar-refractivity contribution in [3.63, 3.8) is 0 Å². The lowest BCUT2D eigenvalue weighted by Gasteiger charge is -2.38. The van der Waals surface area contributed by atoms with Crippen LogP contribution in [-0.4, -0.2) is 61.8 Å². The van der Waals surface area contributed by atoms with Gasteiger partial charge in [-0.2, -0.15) is 0 Å². The Morgan fingerprint density at radius 2 is 2.35 bits per heavy atom. The van der Waals surface area contributed by atoms with Gasteiger partial charge in [0.25, 0.3) is 5.91 Å². The van der Waals surface area contributed by atoms with Crippen LogP contribution in [0.2, 0.25) is 0 Å². The third-order valence-electron chi connectivity index (χ3n) is 4.32. The van der Waals surface area contributed by atoms with E-state index >= 15 is 0 Å². The highest BCUT2D eigenvalue weighted by Gasteiger charge is 2.45. The molecule has 1 spiro atoms. The number of hydrogen-bond acceptors (Lipinski definition) is 6. The summed E-state index contributed by atoms with van der Waals surface area (Å²) in [4.78, 5) is 18.5. The van der Waals surface area contributed by atoms with Gasteiger partial charge in [0.1, 0.15) is 5.69 Å². The van der Waals surface area contributed by atoms with Gasteiger partial charge in [-0.15, -0.1) is 11.3 Å². The second-order valence-electron chi connectivity index (χ2n) is 6.34. The maximum atomic E-state index is 12.5. The van der Waals surface area contributed by atoms with Gasteiger partial charge in [0.2, 0.25) is 10.0 Å². The molecule has 0 aliphatic carbocycles. The Labute approximate surface area is 140 Å². The zero-order valence-corrected chi connectivity index (χ0v) is 14.9. The molecule has 7 nitrogen and oxygen atoms in total. The number of nitrogens with one attached hydrogen (secondary N) is 1. The monoisotopic (exact) mass is 359 g/mol. The standard InChI is InChI=1S/C14H21N3O4S2/c1-10-15-12(8-22-10)13(18)17-5-4-14(9-17)7-11(3-6-21-14)16-23(2,19)20/h8,11,16H,3-7,9H2,1-2H3/t11-,14+/m0/s1. The molecule has 2 aliphatic heterocycles. The highest BCUT2D eigenvalue weighted by atomic mass is 32.2. The minimum atomic E-state index is -3.23. The normalized spacial score (nSPS) is 28.4. The van der Waals surface area contributed by atoms with E-state index in [9.17, 15) is 13.2 Å². The number of sulfonamides is 1. The zero-order chi connectivity index (χ0) is 16.7. The van der Waals surface area contributed by atoms with Crippen molar-refractivity contribution in [2.24, 2.45) is 0 Å². The lowest BCUT2D eigenvalue weighted by Crippen LogP contribution is -2.50. The second-order valence-corrected chi connectivity index (χ2v) is 9.18. The van der Waals surface area contributed by atoms with Gasteiger partial charge in [0.15, 0.2) is 0 Å². The fourth-order valence-electron chi connectivity index (χ4n) is 3.36. The Kier molecular flexibility index (Phi) is 4.47. The second kappa shape index (κ2) is 6.12. The molecule has 3 heterocycles. The first-order valence-electron chi connectivity index (χ1n) is 7.59. The van der Waals surface area contributed by atoms with Crippen molar-refractivity contribution in [2.45, 2.75) is 37.8 Å². The van der Waals surface area contributed by atoms with E-state index in [0.29, 0.717) is 38.2 Å². The Morgan fingerprint density at radius 3 is 3.00 bits per heavy atom. The van der Waals surface area contributed by atoms with Gasteiger partial charge in [-0.25, -0.2) is 18.1 Å². The summed E-state index contributed by atoms with van der Waals surface area (Å²) in [7, 11) is -3.23. The number of ether oxygens (including phenoxy) is 1. The average molecular weight is 359 g/mol. The van der Waals surface area contributed by atoms with Crippen LogP contribution in [0.5, 0.6) is 0 Å². The SMILES string of the molecule is Cc1nc(C(=O)N2CC[C@@]3(C[C@@H](NS(C)(=O)=O)CCO3)C2)cs1. The van der Waals surface area contributed by atoms with Crippen LogP contribution < -0.4 is 4.72 Å². The first-order valence-corrected chi connectivity index (χ1v) is 10.4. The van der Waals surface area contributed by atoms with Crippen molar-refractivity contribution < 1.29 is 17.9 Å². The van der Waals surface area contributed by atoms with Gasteiger partial charge >= 0.3 is 0 Å². The van der Waals surface area contributed by atoms with Crippen molar-refractivity contribution >= 4 is 27.3 Å². The maximum absolute atomic E-state index is 12.5. The maximum Gasteiger partial charge on any atom is 0.273 e. The number of carbonyl (C=O) groups is 1. The van der Waals surface area contributed by atoms with Crippen LogP contribution in [0.3, 0.4) is 0 Å².